The molecule has 1 aromatic heterocycles. The van der Waals surface area contributed by atoms with Gasteiger partial charge in [0.05, 0.1) is 5.02 Å². The van der Waals surface area contributed by atoms with E-state index in [4.69, 9.17) is 11.6 Å². The topological polar surface area (TPSA) is 15.8 Å². The first-order valence-corrected chi connectivity index (χ1v) is 5.30. The number of halogens is 1. The fourth-order valence-electron chi connectivity index (χ4n) is 1.80. The van der Waals surface area contributed by atoms with Gasteiger partial charge < -0.3 is 4.98 Å². The molecule has 1 nitrogen and oxygen atoms in total. The number of fused-ring (bicyclic) bond motifs is 1. The summed E-state index contributed by atoms with van der Waals surface area (Å²) in [6.07, 6.45) is 5.64. The molecule has 1 saturated carbocycles. The van der Waals surface area contributed by atoms with Crippen LogP contribution in [0.25, 0.3) is 10.9 Å². The van der Waals surface area contributed by atoms with Crippen LogP contribution in [-0.4, -0.2) is 4.98 Å². The van der Waals surface area contributed by atoms with Gasteiger partial charge in [-0.25, -0.2) is 0 Å². The molecule has 2 aromatic rings. The number of rotatable bonds is 2. The zero-order chi connectivity index (χ0) is 9.54. The first kappa shape index (κ1) is 8.37. The van der Waals surface area contributed by atoms with Crippen molar-refractivity contribution in [3.63, 3.8) is 0 Å². The molecule has 1 N–H and O–H groups in total. The van der Waals surface area contributed by atoms with E-state index in [0.29, 0.717) is 0 Å². The Bertz CT molecular complexity index is 468. The van der Waals surface area contributed by atoms with Crippen molar-refractivity contribution < 1.29 is 0 Å². The molecule has 2 heteroatoms. The SMILES string of the molecule is Clc1c[nH]c2cc(C[C]3CC3)ccc12. The number of aromatic amines is 1. The van der Waals surface area contributed by atoms with Crippen LogP contribution in [0.3, 0.4) is 0 Å². The molecular weight excluding hydrogens is 194 g/mol. The van der Waals surface area contributed by atoms with E-state index in [9.17, 15) is 0 Å². The van der Waals surface area contributed by atoms with Crippen LogP contribution in [-0.2, 0) is 6.42 Å². The second-order valence-electron chi connectivity index (χ2n) is 3.94. The molecule has 1 aliphatic rings. The van der Waals surface area contributed by atoms with Crippen LogP contribution in [0.1, 0.15) is 18.4 Å². The van der Waals surface area contributed by atoms with Crippen LogP contribution in [0, 0.1) is 5.92 Å². The average molecular weight is 205 g/mol. The van der Waals surface area contributed by atoms with Crippen molar-refractivity contribution in [2.24, 2.45) is 0 Å². The minimum Gasteiger partial charge on any atom is -0.360 e. The van der Waals surface area contributed by atoms with E-state index < -0.39 is 0 Å². The largest absolute Gasteiger partial charge is 0.360 e. The van der Waals surface area contributed by atoms with Gasteiger partial charge in [0.1, 0.15) is 0 Å². The summed E-state index contributed by atoms with van der Waals surface area (Å²) in [6, 6.07) is 6.48. The molecule has 0 unspecified atom stereocenters. The van der Waals surface area contributed by atoms with Gasteiger partial charge in [-0.1, -0.05) is 23.7 Å². The average Bonchev–Trinajstić information content (AvgIpc) is 2.92. The Balaban J connectivity index is 2.01. The van der Waals surface area contributed by atoms with Crippen molar-refractivity contribution in [1.82, 2.24) is 4.98 Å². The summed E-state index contributed by atoms with van der Waals surface area (Å²) in [5, 5.41) is 1.93. The van der Waals surface area contributed by atoms with Crippen LogP contribution >= 0.6 is 11.6 Å². The maximum absolute atomic E-state index is 6.01. The van der Waals surface area contributed by atoms with Gasteiger partial charge in [-0.3, -0.25) is 0 Å². The Morgan fingerprint density at radius 3 is 2.93 bits per heavy atom. The van der Waals surface area contributed by atoms with Crippen molar-refractivity contribution in [1.29, 1.82) is 0 Å². The minimum atomic E-state index is 0.811. The standard InChI is InChI=1S/C12H11ClN/c13-11-7-14-12-6-9(3-4-10(11)12)5-8-1-2-8/h3-4,6-7,14H,1-2,5H2. The second kappa shape index (κ2) is 3.03. The summed E-state index contributed by atoms with van der Waals surface area (Å²) >= 11 is 6.01. The van der Waals surface area contributed by atoms with E-state index in [1.807, 2.05) is 6.20 Å². The molecule has 1 heterocycles. The number of hydrogen-bond donors (Lipinski definition) is 1. The molecule has 0 atom stereocenters. The summed E-state index contributed by atoms with van der Waals surface area (Å²) in [5.74, 6) is 1.67. The highest BCUT2D eigenvalue weighted by Gasteiger charge is 2.22. The summed E-state index contributed by atoms with van der Waals surface area (Å²) < 4.78 is 0. The molecule has 0 aliphatic heterocycles. The van der Waals surface area contributed by atoms with Crippen molar-refractivity contribution in [2.45, 2.75) is 19.3 Å². The number of H-pyrrole nitrogens is 1. The number of benzene rings is 1. The van der Waals surface area contributed by atoms with Gasteiger partial charge >= 0.3 is 0 Å². The van der Waals surface area contributed by atoms with E-state index >= 15 is 0 Å². The monoisotopic (exact) mass is 204 g/mol. The molecule has 1 aromatic carbocycles. The first-order chi connectivity index (χ1) is 6.83. The van der Waals surface area contributed by atoms with Crippen molar-refractivity contribution in [2.75, 3.05) is 0 Å². The molecule has 1 radical (unpaired) electrons. The lowest BCUT2D eigenvalue weighted by molar-refractivity contribution is 1.12. The molecule has 0 bridgehead atoms. The Morgan fingerprint density at radius 2 is 2.14 bits per heavy atom. The van der Waals surface area contributed by atoms with Crippen LogP contribution in [0.15, 0.2) is 24.4 Å². The van der Waals surface area contributed by atoms with E-state index in [2.05, 4.69) is 23.2 Å². The summed E-state index contributed by atoms with van der Waals surface area (Å²) in [7, 11) is 0. The zero-order valence-electron chi connectivity index (χ0n) is 7.81. The Labute approximate surface area is 88.1 Å². The van der Waals surface area contributed by atoms with Crippen LogP contribution < -0.4 is 0 Å². The molecule has 0 spiro atoms. The maximum atomic E-state index is 6.01. The van der Waals surface area contributed by atoms with E-state index in [1.165, 1.54) is 18.4 Å². The summed E-state index contributed by atoms with van der Waals surface area (Å²) in [4.78, 5) is 3.18. The van der Waals surface area contributed by atoms with E-state index in [0.717, 1.165) is 22.3 Å². The predicted molar refractivity (Wildman–Crippen MR) is 59.5 cm³/mol. The lowest BCUT2D eigenvalue weighted by atomic mass is 10.1. The lowest BCUT2D eigenvalue weighted by Gasteiger charge is -1.99. The fourth-order valence-corrected chi connectivity index (χ4v) is 2.02. The van der Waals surface area contributed by atoms with Crippen LogP contribution in [0.4, 0.5) is 0 Å². The Hall–Kier alpha value is -0.950. The number of aromatic nitrogens is 1. The molecule has 71 valence electrons. The van der Waals surface area contributed by atoms with Crippen molar-refractivity contribution in [3.05, 3.63) is 40.9 Å². The highest BCUT2D eigenvalue weighted by Crippen LogP contribution is 2.36. The van der Waals surface area contributed by atoms with Crippen LogP contribution in [0.2, 0.25) is 5.02 Å². The smallest absolute Gasteiger partial charge is 0.0659 e. The van der Waals surface area contributed by atoms with E-state index in [1.54, 1.807) is 5.92 Å². The molecule has 1 fully saturated rings. The number of nitrogens with one attached hydrogen (secondary N) is 1. The molecule has 14 heavy (non-hydrogen) atoms. The highest BCUT2D eigenvalue weighted by molar-refractivity contribution is 6.35. The predicted octanol–water partition coefficient (Wildman–Crippen LogP) is 3.73. The van der Waals surface area contributed by atoms with Gasteiger partial charge in [0.25, 0.3) is 0 Å². The maximum Gasteiger partial charge on any atom is 0.0659 e. The number of hydrogen-bond acceptors (Lipinski definition) is 0. The second-order valence-corrected chi connectivity index (χ2v) is 4.35. The van der Waals surface area contributed by atoms with Gasteiger partial charge in [0, 0.05) is 17.1 Å². The van der Waals surface area contributed by atoms with Gasteiger partial charge in [-0.05, 0) is 36.8 Å². The van der Waals surface area contributed by atoms with Gasteiger partial charge in [-0.2, -0.15) is 0 Å². The third kappa shape index (κ3) is 1.42. The van der Waals surface area contributed by atoms with Crippen molar-refractivity contribution in [3.8, 4) is 0 Å². The normalized spacial score (nSPS) is 16.4. The quantitative estimate of drug-likeness (QED) is 0.767. The summed E-state index contributed by atoms with van der Waals surface area (Å²) in [5.41, 5.74) is 2.54. The third-order valence-electron chi connectivity index (χ3n) is 2.75. The van der Waals surface area contributed by atoms with Gasteiger partial charge in [0.15, 0.2) is 0 Å². The van der Waals surface area contributed by atoms with E-state index in [-0.39, 0.29) is 0 Å². The fraction of sp³-hybridized carbons (Fsp3) is 0.250. The van der Waals surface area contributed by atoms with Crippen LogP contribution in [0.5, 0.6) is 0 Å². The zero-order valence-corrected chi connectivity index (χ0v) is 8.56. The van der Waals surface area contributed by atoms with Gasteiger partial charge in [0.2, 0.25) is 0 Å². The van der Waals surface area contributed by atoms with Crippen molar-refractivity contribution >= 4 is 22.5 Å². The third-order valence-corrected chi connectivity index (χ3v) is 3.07. The minimum absolute atomic E-state index is 0.811. The molecule has 0 amide bonds. The summed E-state index contributed by atoms with van der Waals surface area (Å²) in [6.45, 7) is 0. The molecule has 3 rings (SSSR count). The van der Waals surface area contributed by atoms with Gasteiger partial charge in [-0.15, -0.1) is 0 Å². The molecule has 1 aliphatic carbocycles. The highest BCUT2D eigenvalue weighted by atomic mass is 35.5. The Kier molecular flexibility index (Phi) is 1.81. The Morgan fingerprint density at radius 1 is 1.29 bits per heavy atom. The molecular formula is C12H11ClN. The lowest BCUT2D eigenvalue weighted by Crippen LogP contribution is -1.84. The molecule has 0 saturated heterocycles. The first-order valence-electron chi connectivity index (χ1n) is 4.92.